The quantitative estimate of drug-likeness (QED) is 0.512. The van der Waals surface area contributed by atoms with Gasteiger partial charge in [-0.1, -0.05) is 0 Å². The Balaban J connectivity index is 3.91. The Hall–Kier alpha value is -1.14. The van der Waals surface area contributed by atoms with Gasteiger partial charge >= 0.3 is 5.97 Å². The molecule has 0 aliphatic carbocycles. The van der Waals surface area contributed by atoms with Crippen molar-refractivity contribution in [3.05, 3.63) is 0 Å². The third kappa shape index (κ3) is 4.78. The first kappa shape index (κ1) is 12.9. The first-order valence-electron chi connectivity index (χ1n) is 4.26. The van der Waals surface area contributed by atoms with Gasteiger partial charge < -0.3 is 20.9 Å². The van der Waals surface area contributed by atoms with E-state index in [0.717, 1.165) is 0 Å². The second-order valence-electron chi connectivity index (χ2n) is 2.92. The number of nitrogens with one attached hydrogen (secondary N) is 1. The van der Waals surface area contributed by atoms with Gasteiger partial charge in [-0.3, -0.25) is 9.59 Å². The average Bonchev–Trinajstić information content (AvgIpc) is 2.13. The lowest BCUT2D eigenvalue weighted by molar-refractivity contribution is -0.141. The number of aliphatic carboxylic acids is 1. The van der Waals surface area contributed by atoms with Crippen LogP contribution in [0.4, 0.5) is 0 Å². The smallest absolute Gasteiger partial charge is 0.325 e. The van der Waals surface area contributed by atoms with Crippen LogP contribution >= 0.6 is 0 Å². The summed E-state index contributed by atoms with van der Waals surface area (Å²) in [6, 6.07) is -0.891. The predicted molar refractivity (Wildman–Crippen MR) is 49.7 cm³/mol. The summed E-state index contributed by atoms with van der Waals surface area (Å²) >= 11 is 0. The van der Waals surface area contributed by atoms with Gasteiger partial charge in [0.1, 0.15) is 6.04 Å². The van der Waals surface area contributed by atoms with Crippen molar-refractivity contribution < 1.29 is 19.4 Å². The minimum absolute atomic E-state index is 0.0740. The Morgan fingerprint density at radius 3 is 2.50 bits per heavy atom. The molecule has 6 nitrogen and oxygen atoms in total. The topological polar surface area (TPSA) is 102 Å². The molecule has 0 fully saturated rings. The van der Waals surface area contributed by atoms with E-state index in [9.17, 15) is 9.59 Å². The second kappa shape index (κ2) is 6.33. The van der Waals surface area contributed by atoms with Crippen molar-refractivity contribution >= 4 is 11.9 Å². The normalized spacial score (nSPS) is 14.5. The molecule has 0 radical (unpaired) electrons. The molecule has 0 saturated heterocycles. The first-order chi connectivity index (χ1) is 6.51. The van der Waals surface area contributed by atoms with Crippen molar-refractivity contribution in [1.29, 1.82) is 0 Å². The van der Waals surface area contributed by atoms with Gasteiger partial charge in [0, 0.05) is 13.7 Å². The Morgan fingerprint density at radius 2 is 2.14 bits per heavy atom. The summed E-state index contributed by atoms with van der Waals surface area (Å²) < 4.78 is 4.88. The average molecular weight is 204 g/mol. The van der Waals surface area contributed by atoms with Crippen molar-refractivity contribution in [2.75, 3.05) is 13.7 Å². The van der Waals surface area contributed by atoms with Crippen LogP contribution in [0.3, 0.4) is 0 Å². The summed E-state index contributed by atoms with van der Waals surface area (Å²) in [4.78, 5) is 21.6. The maximum absolute atomic E-state index is 11.2. The molecule has 14 heavy (non-hydrogen) atoms. The monoisotopic (exact) mass is 204 g/mol. The highest BCUT2D eigenvalue weighted by Crippen LogP contribution is 1.95. The molecular formula is C8H16N2O4. The molecule has 0 saturated carbocycles. The number of amides is 1. The molecule has 0 bridgehead atoms. The zero-order valence-corrected chi connectivity index (χ0v) is 8.32. The van der Waals surface area contributed by atoms with Gasteiger partial charge in [-0.2, -0.15) is 0 Å². The Bertz CT molecular complexity index is 204. The number of carboxylic acids is 1. The lowest BCUT2D eigenvalue weighted by atomic mass is 10.2. The summed E-state index contributed by atoms with van der Waals surface area (Å²) in [6.45, 7) is 1.62. The Morgan fingerprint density at radius 1 is 1.57 bits per heavy atom. The van der Waals surface area contributed by atoms with Crippen molar-refractivity contribution in [1.82, 2.24) is 5.32 Å². The van der Waals surface area contributed by atoms with Gasteiger partial charge in [-0.25, -0.2) is 0 Å². The van der Waals surface area contributed by atoms with E-state index in [1.165, 1.54) is 14.0 Å². The maximum atomic E-state index is 11.2. The molecule has 0 aliphatic rings. The van der Waals surface area contributed by atoms with E-state index in [-0.39, 0.29) is 25.0 Å². The lowest BCUT2D eigenvalue weighted by Crippen LogP contribution is -2.40. The van der Waals surface area contributed by atoms with E-state index < -0.39 is 12.0 Å². The summed E-state index contributed by atoms with van der Waals surface area (Å²) in [5.74, 6) is -1.45. The fourth-order valence-electron chi connectivity index (χ4n) is 0.832. The Kier molecular flexibility index (Phi) is 5.82. The summed E-state index contributed by atoms with van der Waals surface area (Å²) in [7, 11) is 1.45. The number of carbonyl (C=O) groups excluding carboxylic acids is 1. The van der Waals surface area contributed by atoms with Gasteiger partial charge in [0.2, 0.25) is 5.91 Å². The predicted octanol–water partition coefficient (Wildman–Crippen LogP) is -1.06. The van der Waals surface area contributed by atoms with E-state index in [0.29, 0.717) is 0 Å². The summed E-state index contributed by atoms with van der Waals surface area (Å²) in [5.41, 5.74) is 5.30. The molecule has 6 heteroatoms. The van der Waals surface area contributed by atoms with E-state index in [1.54, 1.807) is 0 Å². The number of nitrogens with two attached hydrogens (primary N) is 1. The molecule has 0 aromatic heterocycles. The molecule has 2 atom stereocenters. The molecule has 2 unspecified atom stereocenters. The van der Waals surface area contributed by atoms with Crippen LogP contribution in [0.25, 0.3) is 0 Å². The molecule has 1 amide bonds. The molecule has 0 aromatic carbocycles. The molecule has 0 aromatic rings. The highest BCUT2D eigenvalue weighted by Gasteiger charge is 2.16. The first-order valence-corrected chi connectivity index (χ1v) is 4.26. The van der Waals surface area contributed by atoms with E-state index in [4.69, 9.17) is 15.6 Å². The molecule has 0 spiro atoms. The summed E-state index contributed by atoms with van der Waals surface area (Å²) in [5, 5.41) is 10.8. The summed E-state index contributed by atoms with van der Waals surface area (Å²) in [6.07, 6.45) is -0.291. The Labute approximate surface area is 82.4 Å². The third-order valence-corrected chi connectivity index (χ3v) is 1.76. The zero-order valence-electron chi connectivity index (χ0n) is 8.32. The standard InChI is InChI=1S/C8H16N2O4/c1-5(8(12)13)10-7(11)3-6(4-9)14-2/h5-6H,3-4,9H2,1-2H3,(H,10,11)(H,12,13). The highest BCUT2D eigenvalue weighted by atomic mass is 16.5. The molecule has 0 rings (SSSR count). The minimum atomic E-state index is -1.07. The molecule has 4 N–H and O–H groups in total. The van der Waals surface area contributed by atoms with Crippen LogP contribution in [0.5, 0.6) is 0 Å². The highest BCUT2D eigenvalue weighted by molar-refractivity contribution is 5.83. The van der Waals surface area contributed by atoms with Crippen LogP contribution in [-0.4, -0.2) is 42.8 Å². The zero-order chi connectivity index (χ0) is 11.1. The molecule has 0 aliphatic heterocycles. The lowest BCUT2D eigenvalue weighted by Gasteiger charge is -2.14. The number of ether oxygens (including phenoxy) is 1. The largest absolute Gasteiger partial charge is 0.480 e. The van der Waals surface area contributed by atoms with Crippen LogP contribution in [0, 0.1) is 0 Å². The van der Waals surface area contributed by atoms with Crippen LogP contribution in [0.2, 0.25) is 0 Å². The van der Waals surface area contributed by atoms with Crippen molar-refractivity contribution in [2.45, 2.75) is 25.5 Å². The number of rotatable bonds is 6. The number of carbonyl (C=O) groups is 2. The number of hydrogen-bond acceptors (Lipinski definition) is 4. The van der Waals surface area contributed by atoms with Gasteiger partial charge in [-0.05, 0) is 6.92 Å². The van der Waals surface area contributed by atoms with E-state index in [1.807, 2.05) is 0 Å². The van der Waals surface area contributed by atoms with Gasteiger partial charge in [0.05, 0.1) is 12.5 Å². The fraction of sp³-hybridized carbons (Fsp3) is 0.750. The minimum Gasteiger partial charge on any atom is -0.480 e. The van der Waals surface area contributed by atoms with Crippen molar-refractivity contribution in [2.24, 2.45) is 5.73 Å². The van der Waals surface area contributed by atoms with Crippen molar-refractivity contribution in [3.63, 3.8) is 0 Å². The van der Waals surface area contributed by atoms with Gasteiger partial charge in [0.15, 0.2) is 0 Å². The third-order valence-electron chi connectivity index (χ3n) is 1.76. The van der Waals surface area contributed by atoms with Crippen LogP contribution in [0.1, 0.15) is 13.3 Å². The van der Waals surface area contributed by atoms with Crippen molar-refractivity contribution in [3.8, 4) is 0 Å². The van der Waals surface area contributed by atoms with E-state index in [2.05, 4.69) is 5.32 Å². The van der Waals surface area contributed by atoms with Crippen LogP contribution < -0.4 is 11.1 Å². The van der Waals surface area contributed by atoms with Crippen LogP contribution in [0.15, 0.2) is 0 Å². The SMILES string of the molecule is COC(CN)CC(=O)NC(C)C(=O)O. The second-order valence-corrected chi connectivity index (χ2v) is 2.92. The van der Waals surface area contributed by atoms with Gasteiger partial charge in [-0.15, -0.1) is 0 Å². The van der Waals surface area contributed by atoms with E-state index >= 15 is 0 Å². The molecule has 0 heterocycles. The number of methoxy groups -OCH3 is 1. The van der Waals surface area contributed by atoms with Crippen LogP contribution in [-0.2, 0) is 14.3 Å². The number of carboxylic acid groups (broad SMARTS) is 1. The van der Waals surface area contributed by atoms with Gasteiger partial charge in [0.25, 0.3) is 0 Å². The molecular weight excluding hydrogens is 188 g/mol. The molecule has 82 valence electrons. The maximum Gasteiger partial charge on any atom is 0.325 e. The number of hydrogen-bond donors (Lipinski definition) is 3. The fourth-order valence-corrected chi connectivity index (χ4v) is 0.832.